The molecule has 2 aliphatic rings. The first-order chi connectivity index (χ1) is 14.9. The van der Waals surface area contributed by atoms with Crippen molar-refractivity contribution >= 4 is 5.65 Å². The Balaban J connectivity index is 1.44. The van der Waals surface area contributed by atoms with E-state index in [0.29, 0.717) is 0 Å². The summed E-state index contributed by atoms with van der Waals surface area (Å²) >= 11 is 0. The SMILES string of the molecule is CN1CCN(C(C)(C)c2nnc3ccc(O[C@@H]4CC[C@H](N)c5ccccc54)cn23)CC1. The Kier molecular flexibility index (Phi) is 5.20. The van der Waals surface area contributed by atoms with Crippen LogP contribution in [0.3, 0.4) is 0 Å². The zero-order chi connectivity index (χ0) is 21.6. The summed E-state index contributed by atoms with van der Waals surface area (Å²) in [5.41, 5.74) is 9.34. The van der Waals surface area contributed by atoms with Gasteiger partial charge in [-0.25, -0.2) is 0 Å². The van der Waals surface area contributed by atoms with Crippen LogP contribution in [-0.4, -0.2) is 57.6 Å². The summed E-state index contributed by atoms with van der Waals surface area (Å²) in [7, 11) is 2.18. The van der Waals surface area contributed by atoms with Gasteiger partial charge in [0.2, 0.25) is 0 Å². The van der Waals surface area contributed by atoms with Crippen molar-refractivity contribution in [2.45, 2.75) is 44.4 Å². The number of aromatic nitrogens is 3. The molecule has 0 saturated carbocycles. The molecule has 7 heteroatoms. The second-order valence-corrected chi connectivity index (χ2v) is 9.39. The van der Waals surface area contributed by atoms with E-state index in [-0.39, 0.29) is 17.7 Å². The van der Waals surface area contributed by atoms with Crippen LogP contribution >= 0.6 is 0 Å². The normalized spacial score (nSPS) is 23.1. The summed E-state index contributed by atoms with van der Waals surface area (Å²) in [6.45, 7) is 8.65. The predicted octanol–water partition coefficient (Wildman–Crippen LogP) is 3.13. The first-order valence-electron chi connectivity index (χ1n) is 11.2. The van der Waals surface area contributed by atoms with Crippen molar-refractivity contribution in [2.75, 3.05) is 33.2 Å². The molecule has 5 rings (SSSR count). The number of nitrogens with two attached hydrogens (primary N) is 1. The fraction of sp³-hybridized carbons (Fsp3) is 0.500. The number of hydrogen-bond donors (Lipinski definition) is 1. The molecule has 0 amide bonds. The van der Waals surface area contributed by atoms with Crippen molar-refractivity contribution in [3.8, 4) is 5.75 Å². The molecule has 1 aliphatic carbocycles. The van der Waals surface area contributed by atoms with Crippen molar-refractivity contribution in [3.05, 3.63) is 59.5 Å². The third-order valence-electron chi connectivity index (χ3n) is 6.98. The lowest BCUT2D eigenvalue weighted by Gasteiger charge is -2.42. The number of benzene rings is 1. The van der Waals surface area contributed by atoms with E-state index in [0.717, 1.165) is 56.2 Å². The van der Waals surface area contributed by atoms with E-state index in [1.54, 1.807) is 0 Å². The van der Waals surface area contributed by atoms with E-state index in [1.807, 2.05) is 18.3 Å². The quantitative estimate of drug-likeness (QED) is 0.699. The van der Waals surface area contributed by atoms with Crippen LogP contribution in [0.4, 0.5) is 0 Å². The number of nitrogens with zero attached hydrogens (tertiary/aromatic N) is 5. The number of fused-ring (bicyclic) bond motifs is 2. The van der Waals surface area contributed by atoms with Gasteiger partial charge >= 0.3 is 0 Å². The Labute approximate surface area is 183 Å². The van der Waals surface area contributed by atoms with Crippen LogP contribution in [-0.2, 0) is 5.54 Å². The van der Waals surface area contributed by atoms with Crippen LogP contribution in [0, 0.1) is 0 Å². The van der Waals surface area contributed by atoms with Gasteiger partial charge in [-0.05, 0) is 57.0 Å². The molecule has 1 aromatic carbocycles. The Morgan fingerprint density at radius 1 is 0.968 bits per heavy atom. The van der Waals surface area contributed by atoms with Crippen LogP contribution in [0.5, 0.6) is 5.75 Å². The molecule has 1 aliphatic heterocycles. The van der Waals surface area contributed by atoms with Gasteiger partial charge in [0.25, 0.3) is 0 Å². The lowest BCUT2D eigenvalue weighted by Crippen LogP contribution is -2.52. The van der Waals surface area contributed by atoms with Crippen molar-refractivity contribution in [2.24, 2.45) is 5.73 Å². The van der Waals surface area contributed by atoms with Gasteiger partial charge in [-0.1, -0.05) is 24.3 Å². The number of pyridine rings is 1. The fourth-order valence-corrected chi connectivity index (χ4v) is 4.94. The molecule has 164 valence electrons. The molecular weight excluding hydrogens is 388 g/mol. The van der Waals surface area contributed by atoms with Gasteiger partial charge in [0, 0.05) is 32.2 Å². The summed E-state index contributed by atoms with van der Waals surface area (Å²) < 4.78 is 8.57. The van der Waals surface area contributed by atoms with Gasteiger partial charge in [-0.15, -0.1) is 10.2 Å². The van der Waals surface area contributed by atoms with E-state index >= 15 is 0 Å². The van der Waals surface area contributed by atoms with Crippen molar-refractivity contribution in [1.29, 1.82) is 0 Å². The fourth-order valence-electron chi connectivity index (χ4n) is 4.94. The van der Waals surface area contributed by atoms with E-state index in [4.69, 9.17) is 10.5 Å². The Hall–Kier alpha value is -2.48. The molecule has 0 unspecified atom stereocenters. The standard InChI is InChI=1S/C24H32N6O/c1-24(2,29-14-12-28(3)13-15-29)23-27-26-22-11-8-17(16-30(22)23)31-21-10-9-20(25)18-6-4-5-7-19(18)21/h4-8,11,16,20-21H,9-10,12-15,25H2,1-3H3/t20-,21+/m0/s1. The summed E-state index contributed by atoms with van der Waals surface area (Å²) in [4.78, 5) is 4.87. The highest BCUT2D eigenvalue weighted by molar-refractivity contribution is 5.43. The summed E-state index contributed by atoms with van der Waals surface area (Å²) in [6, 6.07) is 12.4. The van der Waals surface area contributed by atoms with Crippen LogP contribution < -0.4 is 10.5 Å². The Morgan fingerprint density at radius 3 is 2.48 bits per heavy atom. The zero-order valence-electron chi connectivity index (χ0n) is 18.7. The maximum Gasteiger partial charge on any atom is 0.161 e. The second kappa shape index (κ2) is 7.89. The van der Waals surface area contributed by atoms with E-state index in [2.05, 4.69) is 69.6 Å². The third-order valence-corrected chi connectivity index (χ3v) is 6.98. The molecule has 3 aromatic rings. The molecule has 1 saturated heterocycles. The highest BCUT2D eigenvalue weighted by Crippen LogP contribution is 2.38. The van der Waals surface area contributed by atoms with Crippen LogP contribution in [0.1, 0.15) is 55.8 Å². The highest BCUT2D eigenvalue weighted by atomic mass is 16.5. The molecule has 1 fully saturated rings. The summed E-state index contributed by atoms with van der Waals surface area (Å²) in [5, 5.41) is 9.01. The Bertz CT molecular complexity index is 1070. The van der Waals surface area contributed by atoms with Crippen molar-refractivity contribution in [3.63, 3.8) is 0 Å². The van der Waals surface area contributed by atoms with E-state index in [1.165, 1.54) is 11.1 Å². The summed E-state index contributed by atoms with van der Waals surface area (Å²) in [5.74, 6) is 1.78. The second-order valence-electron chi connectivity index (χ2n) is 9.39. The van der Waals surface area contributed by atoms with E-state index in [9.17, 15) is 0 Å². The highest BCUT2D eigenvalue weighted by Gasteiger charge is 2.35. The van der Waals surface area contributed by atoms with Gasteiger partial charge in [0.05, 0.1) is 11.7 Å². The Morgan fingerprint density at radius 2 is 1.71 bits per heavy atom. The first-order valence-corrected chi connectivity index (χ1v) is 11.2. The molecule has 0 radical (unpaired) electrons. The number of hydrogen-bond acceptors (Lipinski definition) is 6. The van der Waals surface area contributed by atoms with Crippen LogP contribution in [0.2, 0.25) is 0 Å². The molecule has 2 atom stereocenters. The number of ether oxygens (including phenoxy) is 1. The maximum atomic E-state index is 6.48. The van der Waals surface area contributed by atoms with Crippen LogP contribution in [0.15, 0.2) is 42.6 Å². The maximum absolute atomic E-state index is 6.48. The first kappa shape index (κ1) is 20.4. The van der Waals surface area contributed by atoms with Crippen molar-refractivity contribution in [1.82, 2.24) is 24.4 Å². The molecule has 0 spiro atoms. The minimum absolute atomic E-state index is 0.0130. The smallest absolute Gasteiger partial charge is 0.161 e. The average Bonchev–Trinajstić information content (AvgIpc) is 3.20. The number of piperazine rings is 1. The van der Waals surface area contributed by atoms with Gasteiger partial charge < -0.3 is 15.4 Å². The third kappa shape index (κ3) is 3.71. The zero-order valence-corrected chi connectivity index (χ0v) is 18.7. The molecule has 3 heterocycles. The van der Waals surface area contributed by atoms with Crippen LogP contribution in [0.25, 0.3) is 5.65 Å². The van der Waals surface area contributed by atoms with Gasteiger partial charge in [0.1, 0.15) is 11.9 Å². The lowest BCUT2D eigenvalue weighted by atomic mass is 9.86. The van der Waals surface area contributed by atoms with Gasteiger partial charge in [-0.3, -0.25) is 9.30 Å². The molecule has 7 nitrogen and oxygen atoms in total. The molecule has 0 bridgehead atoms. The predicted molar refractivity (Wildman–Crippen MR) is 121 cm³/mol. The molecule has 2 N–H and O–H groups in total. The van der Waals surface area contributed by atoms with Gasteiger partial charge in [0.15, 0.2) is 11.5 Å². The molecule has 2 aromatic heterocycles. The number of likely N-dealkylation sites (N-methyl/N-ethyl adjacent to an activating group) is 1. The lowest BCUT2D eigenvalue weighted by molar-refractivity contribution is 0.0544. The largest absolute Gasteiger partial charge is 0.484 e. The minimum atomic E-state index is -0.219. The molecular formula is C24H32N6O. The number of rotatable bonds is 4. The topological polar surface area (TPSA) is 71.9 Å². The summed E-state index contributed by atoms with van der Waals surface area (Å²) in [6.07, 6.45) is 3.90. The molecule has 31 heavy (non-hydrogen) atoms. The minimum Gasteiger partial charge on any atom is -0.484 e. The van der Waals surface area contributed by atoms with Crippen molar-refractivity contribution < 1.29 is 4.74 Å². The van der Waals surface area contributed by atoms with Gasteiger partial charge in [-0.2, -0.15) is 0 Å². The average molecular weight is 421 g/mol. The monoisotopic (exact) mass is 420 g/mol. The van der Waals surface area contributed by atoms with E-state index < -0.39 is 0 Å².